The first kappa shape index (κ1) is 11.4. The highest BCUT2D eigenvalue weighted by Crippen LogP contribution is 2.19. The Morgan fingerprint density at radius 3 is 2.33 bits per heavy atom. The zero-order valence-corrected chi connectivity index (χ0v) is 8.08. The Bertz CT molecular complexity index is 154. The van der Waals surface area contributed by atoms with Gasteiger partial charge >= 0.3 is 0 Å². The number of rotatable bonds is 4. The summed E-state index contributed by atoms with van der Waals surface area (Å²) in [6.45, 7) is 5.92. The molecule has 0 aliphatic heterocycles. The molecule has 0 heterocycles. The maximum Gasteiger partial charge on any atom is 0.120 e. The molecule has 0 fully saturated rings. The van der Waals surface area contributed by atoms with Crippen molar-refractivity contribution < 1.29 is 9.90 Å². The van der Waals surface area contributed by atoms with Crippen molar-refractivity contribution in [3.63, 3.8) is 0 Å². The zero-order chi connectivity index (χ0) is 9.61. The van der Waals surface area contributed by atoms with Crippen LogP contribution in [0.5, 0.6) is 0 Å². The van der Waals surface area contributed by atoms with E-state index >= 15 is 0 Å². The maximum absolute atomic E-state index is 9.95. The van der Waals surface area contributed by atoms with Gasteiger partial charge in [0.15, 0.2) is 0 Å². The molecule has 1 atom stereocenters. The predicted molar refractivity (Wildman–Crippen MR) is 49.9 cm³/mol. The zero-order valence-electron chi connectivity index (χ0n) is 8.08. The topological polar surface area (TPSA) is 37.3 Å². The molecule has 0 saturated carbocycles. The second-order valence-electron chi connectivity index (χ2n) is 3.98. The SMILES string of the molecule is CC(C)(C)C(O)/C=C/CCC=O. The van der Waals surface area contributed by atoms with Crippen LogP contribution in [0.25, 0.3) is 0 Å². The lowest BCUT2D eigenvalue weighted by Gasteiger charge is -2.22. The standard InChI is InChI=1S/C10H18O2/c1-10(2,3)9(12)7-5-4-6-8-11/h5,7-9,12H,4,6H2,1-3H3/b7-5+. The molecular weight excluding hydrogens is 152 g/mol. The molecule has 1 unspecified atom stereocenters. The van der Waals surface area contributed by atoms with Crippen LogP contribution in [0.2, 0.25) is 0 Å². The lowest BCUT2D eigenvalue weighted by atomic mass is 9.89. The molecule has 0 bridgehead atoms. The van der Waals surface area contributed by atoms with E-state index in [2.05, 4.69) is 0 Å². The molecule has 12 heavy (non-hydrogen) atoms. The van der Waals surface area contributed by atoms with Gasteiger partial charge in [0.1, 0.15) is 6.29 Å². The third kappa shape index (κ3) is 5.08. The quantitative estimate of drug-likeness (QED) is 0.397. The van der Waals surface area contributed by atoms with Crippen molar-refractivity contribution in [1.82, 2.24) is 0 Å². The van der Waals surface area contributed by atoms with Crippen molar-refractivity contribution in [3.8, 4) is 0 Å². The van der Waals surface area contributed by atoms with Gasteiger partial charge in [-0.15, -0.1) is 0 Å². The number of hydrogen-bond acceptors (Lipinski definition) is 2. The second-order valence-corrected chi connectivity index (χ2v) is 3.98. The van der Waals surface area contributed by atoms with E-state index in [1.807, 2.05) is 26.8 Å². The summed E-state index contributed by atoms with van der Waals surface area (Å²) in [6, 6.07) is 0. The summed E-state index contributed by atoms with van der Waals surface area (Å²) in [4.78, 5) is 9.95. The number of carbonyl (C=O) groups is 1. The lowest BCUT2D eigenvalue weighted by molar-refractivity contribution is -0.107. The van der Waals surface area contributed by atoms with Crippen LogP contribution in [0.15, 0.2) is 12.2 Å². The van der Waals surface area contributed by atoms with Crippen LogP contribution < -0.4 is 0 Å². The van der Waals surface area contributed by atoms with Gasteiger partial charge in [-0.05, 0) is 11.8 Å². The van der Waals surface area contributed by atoms with Crippen molar-refractivity contribution in [3.05, 3.63) is 12.2 Å². The number of carbonyl (C=O) groups excluding carboxylic acids is 1. The molecule has 0 aromatic heterocycles. The van der Waals surface area contributed by atoms with Gasteiger partial charge in [0.05, 0.1) is 6.10 Å². The van der Waals surface area contributed by atoms with E-state index in [9.17, 15) is 9.90 Å². The third-order valence-corrected chi connectivity index (χ3v) is 1.66. The first-order chi connectivity index (χ1) is 5.48. The fraction of sp³-hybridized carbons (Fsp3) is 0.700. The van der Waals surface area contributed by atoms with Crippen molar-refractivity contribution in [1.29, 1.82) is 0 Å². The minimum absolute atomic E-state index is 0.113. The molecule has 0 amide bonds. The van der Waals surface area contributed by atoms with E-state index in [1.165, 1.54) is 0 Å². The van der Waals surface area contributed by atoms with Crippen molar-refractivity contribution in [2.24, 2.45) is 5.41 Å². The van der Waals surface area contributed by atoms with Crippen molar-refractivity contribution >= 4 is 6.29 Å². The van der Waals surface area contributed by atoms with Crippen molar-refractivity contribution in [2.45, 2.75) is 39.7 Å². The Balaban J connectivity index is 3.75. The minimum Gasteiger partial charge on any atom is -0.388 e. The van der Waals surface area contributed by atoms with Crippen LogP contribution >= 0.6 is 0 Å². The molecule has 0 aliphatic carbocycles. The Hall–Kier alpha value is -0.630. The molecule has 0 aromatic rings. The highest BCUT2D eigenvalue weighted by molar-refractivity contribution is 5.49. The van der Waals surface area contributed by atoms with E-state index < -0.39 is 6.10 Å². The lowest BCUT2D eigenvalue weighted by Crippen LogP contribution is -2.23. The van der Waals surface area contributed by atoms with Crippen LogP contribution in [0.3, 0.4) is 0 Å². The molecule has 0 aromatic carbocycles. The molecule has 1 N–H and O–H groups in total. The van der Waals surface area contributed by atoms with E-state index in [4.69, 9.17) is 0 Å². The normalized spacial score (nSPS) is 15.0. The van der Waals surface area contributed by atoms with Crippen molar-refractivity contribution in [2.75, 3.05) is 0 Å². The molecule has 0 spiro atoms. The molecule has 0 saturated heterocycles. The number of aliphatic hydroxyl groups is 1. The highest BCUT2D eigenvalue weighted by Gasteiger charge is 2.18. The largest absolute Gasteiger partial charge is 0.388 e. The van der Waals surface area contributed by atoms with Gasteiger partial charge in [-0.3, -0.25) is 0 Å². The highest BCUT2D eigenvalue weighted by atomic mass is 16.3. The molecule has 0 radical (unpaired) electrons. The minimum atomic E-state index is -0.427. The Kier molecular flexibility index (Phi) is 4.83. The number of unbranched alkanes of at least 4 members (excludes halogenated alkanes) is 1. The summed E-state index contributed by atoms with van der Waals surface area (Å²) >= 11 is 0. The Morgan fingerprint density at radius 1 is 1.33 bits per heavy atom. The molecule has 0 rings (SSSR count). The first-order valence-corrected chi connectivity index (χ1v) is 4.27. The number of hydrogen-bond donors (Lipinski definition) is 1. The van der Waals surface area contributed by atoms with E-state index in [0.29, 0.717) is 6.42 Å². The smallest absolute Gasteiger partial charge is 0.120 e. The molecule has 70 valence electrons. The summed E-state index contributed by atoms with van der Waals surface area (Å²) < 4.78 is 0. The van der Waals surface area contributed by atoms with E-state index in [1.54, 1.807) is 6.08 Å². The Morgan fingerprint density at radius 2 is 1.92 bits per heavy atom. The summed E-state index contributed by atoms with van der Waals surface area (Å²) in [7, 11) is 0. The molecular formula is C10H18O2. The van der Waals surface area contributed by atoms with Crippen LogP contribution in [0, 0.1) is 5.41 Å². The van der Waals surface area contributed by atoms with Gasteiger partial charge in [0.2, 0.25) is 0 Å². The average Bonchev–Trinajstić information content (AvgIpc) is 1.96. The van der Waals surface area contributed by atoms with Crippen LogP contribution in [0.1, 0.15) is 33.6 Å². The average molecular weight is 170 g/mol. The summed E-state index contributed by atoms with van der Waals surface area (Å²) in [5.41, 5.74) is -0.113. The van der Waals surface area contributed by atoms with Gasteiger partial charge in [-0.1, -0.05) is 32.9 Å². The molecule has 2 heteroatoms. The fourth-order valence-corrected chi connectivity index (χ4v) is 0.678. The van der Waals surface area contributed by atoms with Crippen LogP contribution in [-0.2, 0) is 4.79 Å². The fourth-order valence-electron chi connectivity index (χ4n) is 0.678. The van der Waals surface area contributed by atoms with E-state index in [-0.39, 0.29) is 5.41 Å². The Labute approximate surface area is 74.3 Å². The second kappa shape index (κ2) is 5.09. The third-order valence-electron chi connectivity index (χ3n) is 1.66. The van der Waals surface area contributed by atoms with Gasteiger partial charge in [-0.25, -0.2) is 0 Å². The molecule has 0 aliphatic rings. The van der Waals surface area contributed by atoms with Gasteiger partial charge < -0.3 is 9.90 Å². The molecule has 2 nitrogen and oxygen atoms in total. The summed E-state index contributed by atoms with van der Waals surface area (Å²) in [5.74, 6) is 0. The van der Waals surface area contributed by atoms with Gasteiger partial charge in [0, 0.05) is 6.42 Å². The van der Waals surface area contributed by atoms with Crippen LogP contribution in [-0.4, -0.2) is 17.5 Å². The number of aldehydes is 1. The predicted octanol–water partition coefficient (Wildman–Crippen LogP) is 1.93. The van der Waals surface area contributed by atoms with E-state index in [0.717, 1.165) is 12.7 Å². The summed E-state index contributed by atoms with van der Waals surface area (Å²) in [5, 5.41) is 9.51. The van der Waals surface area contributed by atoms with Crippen LogP contribution in [0.4, 0.5) is 0 Å². The summed E-state index contributed by atoms with van der Waals surface area (Å²) in [6.07, 6.45) is 5.31. The number of aliphatic hydroxyl groups excluding tert-OH is 1. The van der Waals surface area contributed by atoms with Gasteiger partial charge in [0.25, 0.3) is 0 Å². The number of allylic oxidation sites excluding steroid dienone is 1. The maximum atomic E-state index is 9.95. The van der Waals surface area contributed by atoms with Gasteiger partial charge in [-0.2, -0.15) is 0 Å². The monoisotopic (exact) mass is 170 g/mol. The first-order valence-electron chi connectivity index (χ1n) is 4.27.